The molecule has 7 nitrogen and oxygen atoms in total. The van der Waals surface area contributed by atoms with Gasteiger partial charge in [0.25, 0.3) is 0 Å². The second kappa shape index (κ2) is 12.0. The van der Waals surface area contributed by atoms with E-state index in [4.69, 9.17) is 4.74 Å². The molecule has 3 aromatic carbocycles. The molecule has 0 saturated heterocycles. The number of hydrogen-bond acceptors (Lipinski definition) is 4. The van der Waals surface area contributed by atoms with Crippen LogP contribution < -0.4 is 9.64 Å². The maximum absolute atomic E-state index is 13.5. The number of rotatable bonds is 9. The molecule has 4 aromatic rings. The fraction of sp³-hybridized carbons (Fsp3) is 0.324. The molecule has 2 atom stereocenters. The Kier molecular flexibility index (Phi) is 8.24. The summed E-state index contributed by atoms with van der Waals surface area (Å²) in [6.45, 7) is 10.2. The number of anilines is 1. The van der Waals surface area contributed by atoms with E-state index in [1.165, 1.54) is 11.1 Å². The fourth-order valence-corrected chi connectivity index (χ4v) is 5.58. The van der Waals surface area contributed by atoms with Crippen LogP contribution in [0.1, 0.15) is 65.2 Å². The van der Waals surface area contributed by atoms with Gasteiger partial charge >= 0.3 is 5.97 Å². The second-order valence-electron chi connectivity index (χ2n) is 11.1. The molecule has 2 heterocycles. The van der Waals surface area contributed by atoms with Crippen molar-refractivity contribution in [2.45, 2.75) is 53.0 Å². The summed E-state index contributed by atoms with van der Waals surface area (Å²) in [5.74, 6) is 0.616. The van der Waals surface area contributed by atoms with E-state index in [9.17, 15) is 14.7 Å². The van der Waals surface area contributed by atoms with Crippen LogP contribution in [0.3, 0.4) is 0 Å². The van der Waals surface area contributed by atoms with E-state index in [1.807, 2.05) is 52.3 Å². The highest BCUT2D eigenvalue weighted by atomic mass is 16.5. The third kappa shape index (κ3) is 6.04. The van der Waals surface area contributed by atoms with E-state index in [0.29, 0.717) is 38.5 Å². The number of ether oxygens (including phenoxy) is 1. The molecule has 1 aliphatic rings. The Morgan fingerprint density at radius 3 is 2.63 bits per heavy atom. The van der Waals surface area contributed by atoms with Crippen LogP contribution in [0.2, 0.25) is 0 Å². The summed E-state index contributed by atoms with van der Waals surface area (Å²) in [6.07, 6.45) is 4.91. The fourth-order valence-electron chi connectivity index (χ4n) is 5.58. The minimum absolute atomic E-state index is 0.112. The maximum Gasteiger partial charge on any atom is 0.335 e. The van der Waals surface area contributed by atoms with Gasteiger partial charge in [0.05, 0.1) is 24.9 Å². The molecule has 0 spiro atoms. The molecule has 5 rings (SSSR count). The topological polar surface area (TPSA) is 84.7 Å². The van der Waals surface area contributed by atoms with Crippen LogP contribution in [-0.2, 0) is 11.3 Å². The Balaban J connectivity index is 1.32. The predicted octanol–water partition coefficient (Wildman–Crippen LogP) is 6.86. The number of hydrogen-bond donors (Lipinski definition) is 1. The highest BCUT2D eigenvalue weighted by molar-refractivity contribution is 5.96. The van der Waals surface area contributed by atoms with E-state index in [1.54, 1.807) is 18.2 Å². The van der Waals surface area contributed by atoms with Crippen molar-refractivity contribution in [2.75, 3.05) is 18.1 Å². The number of benzene rings is 3. The summed E-state index contributed by atoms with van der Waals surface area (Å²) < 4.78 is 7.82. The molecule has 0 fully saturated rings. The Bertz CT molecular complexity index is 1570. The molecule has 1 N–H and O–H groups in total. The van der Waals surface area contributed by atoms with Gasteiger partial charge in [-0.2, -0.15) is 5.10 Å². The first-order chi connectivity index (χ1) is 19.7. The predicted molar refractivity (Wildman–Crippen MR) is 161 cm³/mol. The van der Waals surface area contributed by atoms with Crippen molar-refractivity contribution in [1.82, 2.24) is 9.78 Å². The highest BCUT2D eigenvalue weighted by Gasteiger charge is 2.33. The third-order valence-electron chi connectivity index (χ3n) is 8.26. The van der Waals surface area contributed by atoms with Gasteiger partial charge in [0.2, 0.25) is 5.91 Å². The molecule has 0 aliphatic carbocycles. The molecule has 0 radical (unpaired) electrons. The lowest BCUT2D eigenvalue weighted by atomic mass is 9.80. The smallest absolute Gasteiger partial charge is 0.335 e. The number of aryl methyl sites for hydroxylation is 1. The van der Waals surface area contributed by atoms with Crippen LogP contribution >= 0.6 is 0 Å². The summed E-state index contributed by atoms with van der Waals surface area (Å²) in [6, 6.07) is 19.1. The molecule has 7 heteroatoms. The van der Waals surface area contributed by atoms with E-state index in [2.05, 4.69) is 44.9 Å². The van der Waals surface area contributed by atoms with Crippen LogP contribution in [0, 0.1) is 19.8 Å². The lowest BCUT2D eigenvalue weighted by Crippen LogP contribution is -2.40. The average Bonchev–Trinajstić information content (AvgIpc) is 3.43. The molecule has 0 unspecified atom stereocenters. The Morgan fingerprint density at radius 2 is 1.83 bits per heavy atom. The molecule has 1 amide bonds. The zero-order valence-corrected chi connectivity index (χ0v) is 24.1. The van der Waals surface area contributed by atoms with Crippen LogP contribution in [-0.4, -0.2) is 39.9 Å². The van der Waals surface area contributed by atoms with Gasteiger partial charge in [0.1, 0.15) is 5.75 Å². The number of carbonyl (C=O) groups excluding carboxylic acids is 1. The van der Waals surface area contributed by atoms with E-state index >= 15 is 0 Å². The second-order valence-corrected chi connectivity index (χ2v) is 11.1. The van der Waals surface area contributed by atoms with E-state index < -0.39 is 5.97 Å². The minimum atomic E-state index is -0.944. The Labute approximate surface area is 241 Å². The molecule has 0 saturated carbocycles. The summed E-state index contributed by atoms with van der Waals surface area (Å²) in [4.78, 5) is 26.8. The van der Waals surface area contributed by atoms with Crippen molar-refractivity contribution in [3.05, 3.63) is 101 Å². The number of aromatic nitrogens is 2. The Morgan fingerprint density at radius 1 is 1.05 bits per heavy atom. The van der Waals surface area contributed by atoms with Crippen LogP contribution in [0.25, 0.3) is 11.1 Å². The number of carbonyl (C=O) groups is 2. The van der Waals surface area contributed by atoms with Gasteiger partial charge in [-0.25, -0.2) is 4.79 Å². The maximum atomic E-state index is 13.5. The lowest BCUT2D eigenvalue weighted by molar-refractivity contribution is -0.119. The zero-order chi connectivity index (χ0) is 29.1. The van der Waals surface area contributed by atoms with Crippen LogP contribution in [0.15, 0.2) is 73.1 Å². The van der Waals surface area contributed by atoms with Gasteiger partial charge in [-0.1, -0.05) is 50.2 Å². The van der Waals surface area contributed by atoms with Crippen molar-refractivity contribution in [1.29, 1.82) is 0 Å². The van der Waals surface area contributed by atoms with E-state index in [0.717, 1.165) is 33.7 Å². The summed E-state index contributed by atoms with van der Waals surface area (Å²) in [5, 5.41) is 13.9. The number of nitrogens with zero attached hydrogens (tertiary/aromatic N) is 3. The first-order valence-electron chi connectivity index (χ1n) is 14.2. The molecule has 41 heavy (non-hydrogen) atoms. The number of carboxylic acid groups (broad SMARTS) is 1. The third-order valence-corrected chi connectivity index (χ3v) is 8.26. The standard InChI is InChI=1S/C34H37N3O4/c1-22-9-5-14-31(24(22)3)41-16-8-15-32(38)37-19-23(2)25(4)33-29(12-7-13-30(33)37)28-18-35-36(21-28)20-26-10-6-11-27(17-26)34(39)40/h5-7,9-14,17-18,21,23,25H,8,15-16,19-20H2,1-4H3,(H,39,40)/t23-,25-/m0/s1. The normalized spacial score (nSPS) is 16.3. The van der Waals surface area contributed by atoms with Crippen molar-refractivity contribution in [2.24, 2.45) is 5.92 Å². The zero-order valence-electron chi connectivity index (χ0n) is 24.1. The largest absolute Gasteiger partial charge is 0.493 e. The first-order valence-corrected chi connectivity index (χ1v) is 14.2. The minimum Gasteiger partial charge on any atom is -0.493 e. The SMILES string of the molecule is Cc1cccc(OCCCC(=O)N2C[C@H](C)[C@H](C)c3c(-c4cnn(Cc5cccc(C(=O)O)c5)c4)cccc32)c1C. The van der Waals surface area contributed by atoms with Gasteiger partial charge in [-0.15, -0.1) is 0 Å². The van der Waals surface area contributed by atoms with Crippen molar-refractivity contribution in [3.8, 4) is 16.9 Å². The molecule has 1 aliphatic heterocycles. The number of carboxylic acids is 1. The van der Waals surface area contributed by atoms with Gasteiger partial charge < -0.3 is 14.7 Å². The first kappa shape index (κ1) is 28.1. The summed E-state index contributed by atoms with van der Waals surface area (Å²) in [5.41, 5.74) is 7.65. The lowest BCUT2D eigenvalue weighted by Gasteiger charge is -2.38. The number of fused-ring (bicyclic) bond motifs is 1. The molecular weight excluding hydrogens is 514 g/mol. The van der Waals surface area contributed by atoms with E-state index in [-0.39, 0.29) is 17.4 Å². The van der Waals surface area contributed by atoms with Gasteiger partial charge in [-0.3, -0.25) is 9.48 Å². The van der Waals surface area contributed by atoms with Gasteiger partial charge in [-0.05, 0) is 84.2 Å². The summed E-state index contributed by atoms with van der Waals surface area (Å²) in [7, 11) is 0. The highest BCUT2D eigenvalue weighted by Crippen LogP contribution is 2.44. The van der Waals surface area contributed by atoms with Gasteiger partial charge in [0, 0.05) is 30.4 Å². The summed E-state index contributed by atoms with van der Waals surface area (Å²) >= 11 is 0. The molecule has 0 bridgehead atoms. The molecule has 1 aromatic heterocycles. The van der Waals surface area contributed by atoms with Crippen molar-refractivity contribution >= 4 is 17.6 Å². The molecular formula is C34H37N3O4. The Hall–Kier alpha value is -4.39. The van der Waals surface area contributed by atoms with Crippen LogP contribution in [0.4, 0.5) is 5.69 Å². The van der Waals surface area contributed by atoms with Gasteiger partial charge in [0.15, 0.2) is 0 Å². The van der Waals surface area contributed by atoms with Crippen molar-refractivity contribution in [3.63, 3.8) is 0 Å². The number of amides is 1. The quantitative estimate of drug-likeness (QED) is 0.230. The number of aromatic carboxylic acids is 1. The molecule has 212 valence electrons. The van der Waals surface area contributed by atoms with Crippen molar-refractivity contribution < 1.29 is 19.4 Å². The average molecular weight is 552 g/mol. The van der Waals surface area contributed by atoms with Crippen LogP contribution in [0.5, 0.6) is 5.75 Å². The monoisotopic (exact) mass is 551 g/mol.